The molecule has 2 aromatic rings. The number of amides is 1. The number of hydrogen-bond acceptors (Lipinski definition) is 6. The van der Waals surface area contributed by atoms with Gasteiger partial charge in [0.15, 0.2) is 0 Å². The molecule has 8 heteroatoms. The summed E-state index contributed by atoms with van der Waals surface area (Å²) in [6.45, 7) is 4.35. The number of aryl methyl sites for hydroxylation is 2. The van der Waals surface area contributed by atoms with Gasteiger partial charge in [0.05, 0.1) is 18.7 Å². The standard InChI is InChI=1S/C13H16N4O3S/c1-3-20-13(19)10-6-9(2)21-12(10)16-11(18)4-5-17-8-14-7-15-17/h6-8H,3-5H2,1-2H3,(H,16,18). The Morgan fingerprint density at radius 3 is 2.95 bits per heavy atom. The first-order chi connectivity index (χ1) is 10.1. The van der Waals surface area contributed by atoms with Gasteiger partial charge in [-0.15, -0.1) is 11.3 Å². The maximum Gasteiger partial charge on any atom is 0.341 e. The molecule has 0 saturated heterocycles. The summed E-state index contributed by atoms with van der Waals surface area (Å²) in [6, 6.07) is 1.72. The molecule has 0 spiro atoms. The van der Waals surface area contributed by atoms with Crippen LogP contribution in [0.5, 0.6) is 0 Å². The van der Waals surface area contributed by atoms with Crippen LogP contribution in [0.2, 0.25) is 0 Å². The van der Waals surface area contributed by atoms with Crippen molar-refractivity contribution < 1.29 is 14.3 Å². The van der Waals surface area contributed by atoms with Gasteiger partial charge in [0.1, 0.15) is 17.7 Å². The number of nitrogens with one attached hydrogen (secondary N) is 1. The van der Waals surface area contributed by atoms with Gasteiger partial charge in [0, 0.05) is 11.3 Å². The van der Waals surface area contributed by atoms with Crippen molar-refractivity contribution in [3.63, 3.8) is 0 Å². The van der Waals surface area contributed by atoms with Crippen LogP contribution in [0.3, 0.4) is 0 Å². The van der Waals surface area contributed by atoms with E-state index < -0.39 is 5.97 Å². The average Bonchev–Trinajstić information content (AvgIpc) is 3.06. The molecule has 2 heterocycles. The van der Waals surface area contributed by atoms with Crippen LogP contribution >= 0.6 is 11.3 Å². The number of nitrogens with zero attached hydrogens (tertiary/aromatic N) is 3. The lowest BCUT2D eigenvalue weighted by Gasteiger charge is -2.06. The normalized spacial score (nSPS) is 10.4. The second kappa shape index (κ2) is 6.98. The molecule has 2 rings (SSSR count). The quantitative estimate of drug-likeness (QED) is 0.823. The molecule has 0 aliphatic heterocycles. The van der Waals surface area contributed by atoms with Gasteiger partial charge in [-0.1, -0.05) is 0 Å². The van der Waals surface area contributed by atoms with E-state index in [2.05, 4.69) is 15.4 Å². The molecule has 0 saturated carbocycles. The van der Waals surface area contributed by atoms with E-state index in [1.54, 1.807) is 24.0 Å². The van der Waals surface area contributed by atoms with Gasteiger partial charge in [0.2, 0.25) is 5.91 Å². The Morgan fingerprint density at radius 1 is 1.48 bits per heavy atom. The Balaban J connectivity index is 1.98. The summed E-state index contributed by atoms with van der Waals surface area (Å²) >= 11 is 1.35. The zero-order valence-corrected chi connectivity index (χ0v) is 12.6. The first-order valence-electron chi connectivity index (χ1n) is 6.50. The van der Waals surface area contributed by atoms with E-state index >= 15 is 0 Å². The van der Waals surface area contributed by atoms with E-state index in [0.717, 1.165) is 4.88 Å². The Kier molecular flexibility index (Phi) is 5.04. The van der Waals surface area contributed by atoms with E-state index in [9.17, 15) is 9.59 Å². The highest BCUT2D eigenvalue weighted by Gasteiger charge is 2.17. The van der Waals surface area contributed by atoms with Gasteiger partial charge >= 0.3 is 5.97 Å². The van der Waals surface area contributed by atoms with Gasteiger partial charge in [-0.3, -0.25) is 9.48 Å². The third kappa shape index (κ3) is 4.12. The second-order valence-corrected chi connectivity index (χ2v) is 5.53. The minimum Gasteiger partial charge on any atom is -0.462 e. The van der Waals surface area contributed by atoms with Crippen molar-refractivity contribution in [3.8, 4) is 0 Å². The van der Waals surface area contributed by atoms with Gasteiger partial charge < -0.3 is 10.1 Å². The number of anilines is 1. The lowest BCUT2D eigenvalue weighted by molar-refractivity contribution is -0.116. The molecular formula is C13H16N4O3S. The lowest BCUT2D eigenvalue weighted by Crippen LogP contribution is -2.16. The number of thiophene rings is 1. The van der Waals surface area contributed by atoms with Gasteiger partial charge in [-0.05, 0) is 19.9 Å². The number of rotatable bonds is 6. The topological polar surface area (TPSA) is 86.1 Å². The monoisotopic (exact) mass is 308 g/mol. The van der Waals surface area contributed by atoms with Crippen molar-refractivity contribution >= 4 is 28.2 Å². The Morgan fingerprint density at radius 2 is 2.29 bits per heavy atom. The molecule has 0 aliphatic carbocycles. The van der Waals surface area contributed by atoms with Crippen molar-refractivity contribution in [1.29, 1.82) is 0 Å². The number of carbonyl (C=O) groups excluding carboxylic acids is 2. The molecular weight excluding hydrogens is 292 g/mol. The van der Waals surface area contributed by atoms with Crippen LogP contribution in [-0.4, -0.2) is 33.2 Å². The Labute approximate surface area is 125 Å². The van der Waals surface area contributed by atoms with E-state index in [4.69, 9.17) is 4.74 Å². The highest BCUT2D eigenvalue weighted by atomic mass is 32.1. The van der Waals surface area contributed by atoms with Gasteiger partial charge in [-0.2, -0.15) is 5.10 Å². The van der Waals surface area contributed by atoms with E-state index in [1.165, 1.54) is 17.7 Å². The van der Waals surface area contributed by atoms with Crippen molar-refractivity contribution in [3.05, 3.63) is 29.2 Å². The van der Waals surface area contributed by atoms with Crippen molar-refractivity contribution in [2.45, 2.75) is 26.8 Å². The van der Waals surface area contributed by atoms with Gasteiger partial charge in [-0.25, -0.2) is 9.78 Å². The van der Waals surface area contributed by atoms with E-state index in [1.807, 2.05) is 6.92 Å². The van der Waals surface area contributed by atoms with Crippen molar-refractivity contribution in [2.24, 2.45) is 0 Å². The molecule has 0 fully saturated rings. The van der Waals surface area contributed by atoms with E-state index in [-0.39, 0.29) is 12.3 Å². The zero-order valence-electron chi connectivity index (χ0n) is 11.8. The molecule has 21 heavy (non-hydrogen) atoms. The Hall–Kier alpha value is -2.22. The summed E-state index contributed by atoms with van der Waals surface area (Å²) in [5.74, 6) is -0.605. The molecule has 0 bridgehead atoms. The van der Waals surface area contributed by atoms with Crippen LogP contribution in [0.1, 0.15) is 28.6 Å². The smallest absolute Gasteiger partial charge is 0.341 e. The Bertz CT molecular complexity index is 621. The summed E-state index contributed by atoms with van der Waals surface area (Å²) < 4.78 is 6.55. The zero-order chi connectivity index (χ0) is 15.2. The second-order valence-electron chi connectivity index (χ2n) is 4.28. The first-order valence-corrected chi connectivity index (χ1v) is 7.31. The van der Waals surface area contributed by atoms with Crippen LogP contribution in [-0.2, 0) is 16.1 Å². The molecule has 0 aliphatic rings. The summed E-state index contributed by atoms with van der Waals surface area (Å²) in [7, 11) is 0. The number of ether oxygens (including phenoxy) is 1. The molecule has 112 valence electrons. The summed E-state index contributed by atoms with van der Waals surface area (Å²) in [5, 5.41) is 7.20. The summed E-state index contributed by atoms with van der Waals surface area (Å²) in [4.78, 5) is 28.5. The lowest BCUT2D eigenvalue weighted by atomic mass is 10.3. The first kappa shape index (κ1) is 15.2. The highest BCUT2D eigenvalue weighted by molar-refractivity contribution is 7.16. The minimum atomic E-state index is -0.423. The third-order valence-corrected chi connectivity index (χ3v) is 3.60. The maximum atomic E-state index is 11.9. The predicted octanol–water partition coefficient (Wildman–Crippen LogP) is 1.85. The molecule has 1 amide bonds. The predicted molar refractivity (Wildman–Crippen MR) is 78.3 cm³/mol. The average molecular weight is 308 g/mol. The van der Waals surface area contributed by atoms with Crippen LogP contribution < -0.4 is 5.32 Å². The molecule has 2 aromatic heterocycles. The third-order valence-electron chi connectivity index (χ3n) is 2.64. The maximum absolute atomic E-state index is 11.9. The number of hydrogen-bond donors (Lipinski definition) is 1. The molecule has 0 radical (unpaired) electrons. The molecule has 1 N–H and O–H groups in total. The van der Waals surface area contributed by atoms with Crippen molar-refractivity contribution in [1.82, 2.24) is 14.8 Å². The minimum absolute atomic E-state index is 0.183. The van der Waals surface area contributed by atoms with Gasteiger partial charge in [0.25, 0.3) is 0 Å². The molecule has 0 aromatic carbocycles. The summed E-state index contributed by atoms with van der Waals surface area (Å²) in [6.07, 6.45) is 3.22. The molecule has 7 nitrogen and oxygen atoms in total. The SMILES string of the molecule is CCOC(=O)c1cc(C)sc1NC(=O)CCn1cncn1. The van der Waals surface area contributed by atoms with Crippen LogP contribution in [0.15, 0.2) is 18.7 Å². The van der Waals surface area contributed by atoms with Crippen LogP contribution in [0.25, 0.3) is 0 Å². The number of carbonyl (C=O) groups is 2. The fourth-order valence-electron chi connectivity index (χ4n) is 1.72. The molecule has 0 unspecified atom stereocenters. The molecule has 0 atom stereocenters. The fourth-order valence-corrected chi connectivity index (χ4v) is 2.64. The van der Waals surface area contributed by atoms with Crippen LogP contribution in [0, 0.1) is 6.92 Å². The fraction of sp³-hybridized carbons (Fsp3) is 0.385. The number of esters is 1. The number of aromatic nitrogens is 3. The highest BCUT2D eigenvalue weighted by Crippen LogP contribution is 2.28. The summed E-state index contributed by atoms with van der Waals surface area (Å²) in [5.41, 5.74) is 0.397. The largest absolute Gasteiger partial charge is 0.462 e. The van der Waals surface area contributed by atoms with E-state index in [0.29, 0.717) is 23.7 Å². The van der Waals surface area contributed by atoms with Crippen LogP contribution in [0.4, 0.5) is 5.00 Å². The van der Waals surface area contributed by atoms with Crippen molar-refractivity contribution in [2.75, 3.05) is 11.9 Å².